The normalized spacial score (nSPS) is 10.4. The van der Waals surface area contributed by atoms with Crippen molar-refractivity contribution in [3.05, 3.63) is 0 Å². The van der Waals surface area contributed by atoms with Crippen LogP contribution in [0.4, 0.5) is 4.79 Å². The van der Waals surface area contributed by atoms with Crippen LogP contribution in [0.3, 0.4) is 0 Å². The Balaban J connectivity index is 3.39. The predicted octanol–water partition coefficient (Wildman–Crippen LogP) is 5.08. The lowest BCUT2D eigenvalue weighted by Crippen LogP contribution is -2.17. The summed E-state index contributed by atoms with van der Waals surface area (Å²) in [5, 5.41) is 0. The van der Waals surface area contributed by atoms with Gasteiger partial charge in [0, 0.05) is 5.75 Å². The van der Waals surface area contributed by atoms with Crippen molar-refractivity contribution in [3.63, 3.8) is 0 Å². The summed E-state index contributed by atoms with van der Waals surface area (Å²) in [7, 11) is 0. The highest BCUT2D eigenvalue weighted by Gasteiger charge is 2.11. The van der Waals surface area contributed by atoms with Crippen molar-refractivity contribution in [2.45, 2.75) is 65.2 Å². The Labute approximate surface area is 122 Å². The SMILES string of the molecule is CCCCCCOC(=O)N(S)SCCCCCC. The van der Waals surface area contributed by atoms with Crippen LogP contribution in [-0.2, 0) is 4.74 Å². The molecule has 0 aromatic rings. The van der Waals surface area contributed by atoms with E-state index in [4.69, 9.17) is 4.74 Å². The number of hydrogen-bond donors (Lipinski definition) is 1. The molecule has 0 N–H and O–H groups in total. The van der Waals surface area contributed by atoms with E-state index in [-0.39, 0.29) is 6.09 Å². The van der Waals surface area contributed by atoms with E-state index in [9.17, 15) is 4.79 Å². The molecule has 18 heavy (non-hydrogen) atoms. The van der Waals surface area contributed by atoms with Gasteiger partial charge >= 0.3 is 6.09 Å². The summed E-state index contributed by atoms with van der Waals surface area (Å²) in [5.74, 6) is 0.925. The van der Waals surface area contributed by atoms with Gasteiger partial charge in [0.25, 0.3) is 0 Å². The topological polar surface area (TPSA) is 29.5 Å². The fourth-order valence-corrected chi connectivity index (χ4v) is 2.44. The average Bonchev–Trinajstić information content (AvgIpc) is 2.37. The number of unbranched alkanes of at least 4 members (excludes halogenated alkanes) is 6. The summed E-state index contributed by atoms with van der Waals surface area (Å²) in [6.07, 6.45) is 8.97. The molecular formula is C13H27NO2S2. The van der Waals surface area contributed by atoms with Crippen LogP contribution >= 0.6 is 24.8 Å². The van der Waals surface area contributed by atoms with Gasteiger partial charge in [-0.1, -0.05) is 52.4 Å². The van der Waals surface area contributed by atoms with Crippen molar-refractivity contribution in [3.8, 4) is 0 Å². The minimum atomic E-state index is -0.338. The highest BCUT2D eigenvalue weighted by molar-refractivity contribution is 8.06. The molecule has 0 saturated carbocycles. The van der Waals surface area contributed by atoms with Gasteiger partial charge in [0.2, 0.25) is 0 Å². The zero-order valence-electron chi connectivity index (χ0n) is 11.7. The first-order chi connectivity index (χ1) is 8.72. The maximum absolute atomic E-state index is 11.5. The van der Waals surface area contributed by atoms with Gasteiger partial charge in [-0.3, -0.25) is 0 Å². The van der Waals surface area contributed by atoms with Crippen LogP contribution in [0.25, 0.3) is 0 Å². The lowest BCUT2D eigenvalue weighted by Gasteiger charge is -2.14. The standard InChI is InChI=1S/C13H27NO2S2/c1-3-5-7-9-11-16-13(15)14(17)18-12-10-8-6-4-2/h17H,3-12H2,1-2H3. The van der Waals surface area contributed by atoms with Crippen molar-refractivity contribution < 1.29 is 9.53 Å². The zero-order valence-corrected chi connectivity index (χ0v) is 13.4. The Hall–Kier alpha value is -0.0300. The fourth-order valence-electron chi connectivity index (χ4n) is 1.48. The molecule has 0 aliphatic rings. The number of carbonyl (C=O) groups excluding carboxylic acids is 1. The zero-order chi connectivity index (χ0) is 13.6. The van der Waals surface area contributed by atoms with Gasteiger partial charge in [-0.25, -0.2) is 4.79 Å². The van der Waals surface area contributed by atoms with Crippen molar-refractivity contribution in [1.82, 2.24) is 3.71 Å². The van der Waals surface area contributed by atoms with Crippen molar-refractivity contribution in [2.24, 2.45) is 0 Å². The van der Waals surface area contributed by atoms with E-state index in [1.807, 2.05) is 0 Å². The maximum Gasteiger partial charge on any atom is 0.430 e. The molecule has 0 unspecified atom stereocenters. The molecule has 0 saturated heterocycles. The number of thiol groups is 1. The summed E-state index contributed by atoms with van der Waals surface area (Å²) in [6.45, 7) is 4.86. The van der Waals surface area contributed by atoms with Crippen LogP contribution in [0.15, 0.2) is 0 Å². The van der Waals surface area contributed by atoms with Crippen LogP contribution in [0, 0.1) is 0 Å². The fraction of sp³-hybridized carbons (Fsp3) is 0.923. The molecule has 0 aromatic carbocycles. The average molecular weight is 293 g/mol. The molecule has 3 nitrogen and oxygen atoms in total. The summed E-state index contributed by atoms with van der Waals surface area (Å²) < 4.78 is 6.43. The molecule has 0 atom stereocenters. The molecule has 108 valence electrons. The molecule has 5 heteroatoms. The van der Waals surface area contributed by atoms with E-state index in [0.717, 1.165) is 25.0 Å². The van der Waals surface area contributed by atoms with Gasteiger partial charge in [0.05, 0.1) is 6.61 Å². The van der Waals surface area contributed by atoms with Crippen LogP contribution in [-0.4, -0.2) is 22.2 Å². The Morgan fingerprint density at radius 3 is 2.28 bits per heavy atom. The second-order valence-corrected chi connectivity index (χ2v) is 6.04. The van der Waals surface area contributed by atoms with Crippen molar-refractivity contribution in [2.75, 3.05) is 12.4 Å². The van der Waals surface area contributed by atoms with Gasteiger partial charge in [-0.2, -0.15) is 3.71 Å². The van der Waals surface area contributed by atoms with Crippen molar-refractivity contribution >= 4 is 30.9 Å². The number of hydrogen-bond acceptors (Lipinski definition) is 4. The molecule has 0 spiro atoms. The third kappa shape index (κ3) is 11.1. The van der Waals surface area contributed by atoms with E-state index in [2.05, 4.69) is 26.7 Å². The summed E-state index contributed by atoms with van der Waals surface area (Å²) in [4.78, 5) is 11.5. The molecule has 0 aliphatic carbocycles. The molecule has 0 bridgehead atoms. The van der Waals surface area contributed by atoms with E-state index < -0.39 is 0 Å². The maximum atomic E-state index is 11.5. The quantitative estimate of drug-likeness (QED) is 0.327. The Kier molecular flexibility index (Phi) is 13.4. The molecule has 0 aromatic heterocycles. The van der Waals surface area contributed by atoms with Crippen LogP contribution in [0.5, 0.6) is 0 Å². The third-order valence-corrected chi connectivity index (χ3v) is 3.97. The van der Waals surface area contributed by atoms with Gasteiger partial charge in [-0.05, 0) is 37.6 Å². The summed E-state index contributed by atoms with van der Waals surface area (Å²) in [6, 6.07) is 0. The molecule has 1 amide bonds. The van der Waals surface area contributed by atoms with E-state index in [1.54, 1.807) is 0 Å². The highest BCUT2D eigenvalue weighted by Crippen LogP contribution is 2.17. The lowest BCUT2D eigenvalue weighted by atomic mass is 10.2. The van der Waals surface area contributed by atoms with Crippen molar-refractivity contribution in [1.29, 1.82) is 0 Å². The smallest absolute Gasteiger partial charge is 0.430 e. The predicted molar refractivity (Wildman–Crippen MR) is 82.9 cm³/mol. The van der Waals surface area contributed by atoms with E-state index in [1.165, 1.54) is 47.8 Å². The molecule has 0 radical (unpaired) electrons. The minimum absolute atomic E-state index is 0.338. The molecule has 0 rings (SSSR count). The largest absolute Gasteiger partial charge is 0.448 e. The summed E-state index contributed by atoms with van der Waals surface area (Å²) in [5.41, 5.74) is 0. The lowest BCUT2D eigenvalue weighted by molar-refractivity contribution is 0.140. The van der Waals surface area contributed by atoms with Gasteiger partial charge in [0.15, 0.2) is 0 Å². The first-order valence-electron chi connectivity index (χ1n) is 7.01. The number of rotatable bonds is 11. The van der Waals surface area contributed by atoms with Crippen LogP contribution < -0.4 is 0 Å². The summed E-state index contributed by atoms with van der Waals surface area (Å²) >= 11 is 5.54. The molecular weight excluding hydrogens is 266 g/mol. The highest BCUT2D eigenvalue weighted by atomic mass is 32.2. The van der Waals surface area contributed by atoms with Crippen LogP contribution in [0.1, 0.15) is 65.2 Å². The second kappa shape index (κ2) is 13.4. The number of amides is 1. The molecule has 0 fully saturated rings. The molecule has 0 aliphatic heterocycles. The first kappa shape index (κ1) is 18.0. The number of carbonyl (C=O) groups is 1. The van der Waals surface area contributed by atoms with Gasteiger partial charge < -0.3 is 4.74 Å². The Morgan fingerprint density at radius 1 is 1.06 bits per heavy atom. The van der Waals surface area contributed by atoms with Gasteiger partial charge in [0.1, 0.15) is 0 Å². The first-order valence-corrected chi connectivity index (χ1v) is 8.35. The second-order valence-electron chi connectivity index (χ2n) is 4.34. The number of nitrogens with zero attached hydrogens (tertiary/aromatic N) is 1. The van der Waals surface area contributed by atoms with E-state index >= 15 is 0 Å². The van der Waals surface area contributed by atoms with Gasteiger partial charge in [-0.15, -0.1) is 0 Å². The van der Waals surface area contributed by atoms with Crippen LogP contribution in [0.2, 0.25) is 0 Å². The number of ether oxygens (including phenoxy) is 1. The molecule has 0 heterocycles. The van der Waals surface area contributed by atoms with E-state index in [0.29, 0.717) is 6.61 Å². The monoisotopic (exact) mass is 293 g/mol. The minimum Gasteiger partial charge on any atom is -0.448 e. The Bertz CT molecular complexity index is 203. The third-order valence-electron chi connectivity index (χ3n) is 2.59. The Morgan fingerprint density at radius 2 is 1.67 bits per heavy atom.